The van der Waals surface area contributed by atoms with E-state index in [1.165, 1.54) is 12.7 Å². The first-order chi connectivity index (χ1) is 10.3. The molecule has 0 bridgehead atoms. The van der Waals surface area contributed by atoms with Crippen LogP contribution in [0, 0.1) is 0 Å². The van der Waals surface area contributed by atoms with Crippen LogP contribution in [0.3, 0.4) is 0 Å². The van der Waals surface area contributed by atoms with Crippen LogP contribution in [0.15, 0.2) is 41.9 Å². The third-order valence-electron chi connectivity index (χ3n) is 3.37. The first-order valence-corrected chi connectivity index (χ1v) is 7.69. The number of hydrogen-bond acceptors (Lipinski definition) is 4. The highest BCUT2D eigenvalue weighted by Crippen LogP contribution is 2.19. The van der Waals surface area contributed by atoms with E-state index in [0.717, 1.165) is 22.8 Å². The molecular formula is C16H16N2O2S. The van der Waals surface area contributed by atoms with Gasteiger partial charge in [0.2, 0.25) is 0 Å². The van der Waals surface area contributed by atoms with Crippen molar-refractivity contribution in [3.63, 3.8) is 0 Å². The minimum absolute atomic E-state index is 0.182. The molecule has 3 aromatic rings. The first-order valence-electron chi connectivity index (χ1n) is 6.81. The maximum atomic E-state index is 11.2. The number of carbonyl (C=O) groups is 1. The van der Waals surface area contributed by atoms with Gasteiger partial charge >= 0.3 is 5.97 Å². The van der Waals surface area contributed by atoms with Crippen LogP contribution < -0.4 is 0 Å². The maximum Gasteiger partial charge on any atom is 0.305 e. The summed E-state index contributed by atoms with van der Waals surface area (Å²) in [5, 5.41) is 2.05. The Labute approximate surface area is 127 Å². The van der Waals surface area contributed by atoms with Gasteiger partial charge in [0.25, 0.3) is 0 Å². The van der Waals surface area contributed by atoms with E-state index in [0.29, 0.717) is 12.8 Å². The fourth-order valence-corrected chi connectivity index (χ4v) is 3.20. The molecule has 2 aromatic heterocycles. The molecule has 0 aliphatic carbocycles. The summed E-state index contributed by atoms with van der Waals surface area (Å²) in [5.41, 5.74) is 3.40. The summed E-state index contributed by atoms with van der Waals surface area (Å²) in [4.78, 5) is 16.9. The number of imidazole rings is 1. The molecule has 0 unspecified atom stereocenters. The van der Waals surface area contributed by atoms with Gasteiger partial charge in [-0.3, -0.25) is 9.20 Å². The molecule has 0 amide bonds. The molecule has 0 saturated heterocycles. The number of nitrogens with zero attached hydrogens (tertiary/aromatic N) is 2. The monoisotopic (exact) mass is 300 g/mol. The summed E-state index contributed by atoms with van der Waals surface area (Å²) in [5.74, 6) is -0.182. The summed E-state index contributed by atoms with van der Waals surface area (Å²) >= 11 is 1.60. The SMILES string of the molecule is COC(=O)CCc1csc2nc(Cc3ccccc3)cn12. The second-order valence-corrected chi connectivity index (χ2v) is 5.69. The number of aryl methyl sites for hydroxylation is 1. The predicted molar refractivity (Wildman–Crippen MR) is 82.7 cm³/mol. The molecule has 21 heavy (non-hydrogen) atoms. The summed E-state index contributed by atoms with van der Waals surface area (Å²) in [6.07, 6.45) is 3.96. The number of benzene rings is 1. The van der Waals surface area contributed by atoms with Gasteiger partial charge in [0.05, 0.1) is 19.2 Å². The Kier molecular flexibility index (Phi) is 4.01. The molecule has 108 valence electrons. The molecule has 0 aliphatic heterocycles. The maximum absolute atomic E-state index is 11.2. The molecule has 0 radical (unpaired) electrons. The van der Waals surface area contributed by atoms with Crippen molar-refractivity contribution in [1.29, 1.82) is 0 Å². The van der Waals surface area contributed by atoms with Gasteiger partial charge in [-0.15, -0.1) is 11.3 Å². The Morgan fingerprint density at radius 3 is 2.90 bits per heavy atom. The number of carbonyl (C=O) groups excluding carboxylic acids is 1. The lowest BCUT2D eigenvalue weighted by Gasteiger charge is -1.99. The molecule has 2 heterocycles. The number of aromatic nitrogens is 2. The van der Waals surface area contributed by atoms with Gasteiger partial charge in [0, 0.05) is 23.7 Å². The number of hydrogen-bond donors (Lipinski definition) is 0. The standard InChI is InChI=1S/C16H16N2O2S/c1-20-15(19)8-7-14-11-21-16-17-13(10-18(14)16)9-12-5-3-2-4-6-12/h2-6,10-11H,7-9H2,1H3. The van der Waals surface area contributed by atoms with E-state index in [2.05, 4.69) is 37.8 Å². The van der Waals surface area contributed by atoms with E-state index in [1.54, 1.807) is 11.3 Å². The van der Waals surface area contributed by atoms with Crippen molar-refractivity contribution in [1.82, 2.24) is 9.38 Å². The molecule has 0 fully saturated rings. The lowest BCUT2D eigenvalue weighted by atomic mass is 10.1. The second-order valence-electron chi connectivity index (χ2n) is 4.85. The quantitative estimate of drug-likeness (QED) is 0.680. The molecular weight excluding hydrogens is 284 g/mol. The highest BCUT2D eigenvalue weighted by Gasteiger charge is 2.10. The van der Waals surface area contributed by atoms with Gasteiger partial charge in [-0.25, -0.2) is 4.98 Å². The molecule has 1 aromatic carbocycles. The van der Waals surface area contributed by atoms with E-state index in [1.807, 2.05) is 18.2 Å². The van der Waals surface area contributed by atoms with Gasteiger partial charge in [-0.05, 0) is 12.0 Å². The molecule has 5 heteroatoms. The zero-order valence-corrected chi connectivity index (χ0v) is 12.6. The largest absolute Gasteiger partial charge is 0.469 e. The van der Waals surface area contributed by atoms with Crippen molar-refractivity contribution in [3.05, 3.63) is 58.9 Å². The Morgan fingerprint density at radius 1 is 1.33 bits per heavy atom. The van der Waals surface area contributed by atoms with Crippen molar-refractivity contribution in [2.45, 2.75) is 19.3 Å². The number of thiazole rings is 1. The van der Waals surface area contributed by atoms with Crippen molar-refractivity contribution in [2.24, 2.45) is 0 Å². The Hall–Kier alpha value is -2.14. The van der Waals surface area contributed by atoms with E-state index in [-0.39, 0.29) is 5.97 Å². The lowest BCUT2D eigenvalue weighted by Crippen LogP contribution is -2.03. The molecule has 0 aliphatic rings. The second kappa shape index (κ2) is 6.10. The van der Waals surface area contributed by atoms with Crippen LogP contribution in [0.2, 0.25) is 0 Å². The van der Waals surface area contributed by atoms with Gasteiger partial charge < -0.3 is 4.74 Å². The first kappa shape index (κ1) is 13.8. The van der Waals surface area contributed by atoms with Crippen LogP contribution in [0.4, 0.5) is 0 Å². The average molecular weight is 300 g/mol. The smallest absolute Gasteiger partial charge is 0.305 e. The van der Waals surface area contributed by atoms with Crippen LogP contribution in [0.25, 0.3) is 4.96 Å². The fraction of sp³-hybridized carbons (Fsp3) is 0.250. The van der Waals surface area contributed by atoms with Gasteiger partial charge in [-0.1, -0.05) is 30.3 Å². The number of fused-ring (bicyclic) bond motifs is 1. The third kappa shape index (κ3) is 3.13. The van der Waals surface area contributed by atoms with E-state index in [9.17, 15) is 4.79 Å². The zero-order valence-electron chi connectivity index (χ0n) is 11.8. The molecule has 0 N–H and O–H groups in total. The fourth-order valence-electron chi connectivity index (χ4n) is 2.28. The van der Waals surface area contributed by atoms with Crippen molar-refractivity contribution in [3.8, 4) is 0 Å². The van der Waals surface area contributed by atoms with Gasteiger partial charge in [-0.2, -0.15) is 0 Å². The Balaban J connectivity index is 1.77. The normalized spacial score (nSPS) is 10.9. The number of esters is 1. The number of rotatable bonds is 5. The Bertz CT molecular complexity index is 746. The minimum Gasteiger partial charge on any atom is -0.469 e. The molecule has 0 atom stereocenters. The summed E-state index contributed by atoms with van der Waals surface area (Å²) in [7, 11) is 1.42. The average Bonchev–Trinajstić information content (AvgIpc) is 3.06. The van der Waals surface area contributed by atoms with Crippen LogP contribution in [0.5, 0.6) is 0 Å². The zero-order chi connectivity index (χ0) is 14.7. The molecule has 0 saturated carbocycles. The summed E-state index contributed by atoms with van der Waals surface area (Å²) in [6, 6.07) is 10.3. The Morgan fingerprint density at radius 2 is 2.14 bits per heavy atom. The van der Waals surface area contributed by atoms with E-state index in [4.69, 9.17) is 0 Å². The van der Waals surface area contributed by atoms with Crippen molar-refractivity contribution in [2.75, 3.05) is 7.11 Å². The summed E-state index contributed by atoms with van der Waals surface area (Å²) < 4.78 is 6.76. The molecule has 3 rings (SSSR count). The van der Waals surface area contributed by atoms with Crippen LogP contribution in [-0.4, -0.2) is 22.5 Å². The van der Waals surface area contributed by atoms with E-state index >= 15 is 0 Å². The minimum atomic E-state index is -0.182. The van der Waals surface area contributed by atoms with Crippen LogP contribution >= 0.6 is 11.3 Å². The lowest BCUT2D eigenvalue weighted by molar-refractivity contribution is -0.140. The predicted octanol–water partition coefficient (Wildman–Crippen LogP) is 3.09. The topological polar surface area (TPSA) is 43.6 Å². The highest BCUT2D eigenvalue weighted by molar-refractivity contribution is 7.15. The van der Waals surface area contributed by atoms with Crippen molar-refractivity contribution >= 4 is 22.3 Å². The highest BCUT2D eigenvalue weighted by atomic mass is 32.1. The third-order valence-corrected chi connectivity index (χ3v) is 4.26. The molecule has 4 nitrogen and oxygen atoms in total. The van der Waals surface area contributed by atoms with E-state index < -0.39 is 0 Å². The van der Waals surface area contributed by atoms with Crippen LogP contribution in [-0.2, 0) is 22.4 Å². The van der Waals surface area contributed by atoms with Crippen LogP contribution in [0.1, 0.15) is 23.4 Å². The van der Waals surface area contributed by atoms with Crippen molar-refractivity contribution < 1.29 is 9.53 Å². The number of methoxy groups -OCH3 is 1. The number of ether oxygens (including phenoxy) is 1. The summed E-state index contributed by atoms with van der Waals surface area (Å²) in [6.45, 7) is 0. The molecule has 0 spiro atoms. The van der Waals surface area contributed by atoms with Gasteiger partial charge in [0.15, 0.2) is 4.96 Å². The van der Waals surface area contributed by atoms with Gasteiger partial charge in [0.1, 0.15) is 0 Å².